The first-order valence-corrected chi connectivity index (χ1v) is 10.6. The quantitative estimate of drug-likeness (QED) is 0.436. The smallest absolute Gasteiger partial charge is 0.247 e. The molecular weight excluding hydrogens is 428 g/mol. The molecule has 0 aliphatic carbocycles. The summed E-state index contributed by atoms with van der Waals surface area (Å²) in [6.45, 7) is 5.85. The van der Waals surface area contributed by atoms with Gasteiger partial charge < -0.3 is 25.4 Å². The fraction of sp³-hybridized carbons (Fsp3) is 0.167. The lowest BCUT2D eigenvalue weighted by molar-refractivity contribution is -0.111. The molecule has 164 valence electrons. The molecular formula is C24H23ClN4O3. The molecule has 0 saturated carbocycles. The number of amides is 1. The van der Waals surface area contributed by atoms with E-state index >= 15 is 0 Å². The zero-order chi connectivity index (χ0) is 22.3. The number of nitrogens with one attached hydrogen (secondary N) is 3. The first-order valence-electron chi connectivity index (χ1n) is 10.2. The highest BCUT2D eigenvalue weighted by Crippen LogP contribution is 2.31. The van der Waals surface area contributed by atoms with E-state index in [0.717, 1.165) is 24.3 Å². The van der Waals surface area contributed by atoms with Crippen molar-refractivity contribution in [2.75, 3.05) is 30.3 Å². The van der Waals surface area contributed by atoms with Gasteiger partial charge in [0.2, 0.25) is 11.8 Å². The van der Waals surface area contributed by atoms with Gasteiger partial charge in [0.25, 0.3) is 0 Å². The number of anilines is 3. The molecule has 2 heterocycles. The molecule has 1 fully saturated rings. The maximum atomic E-state index is 11.5. The molecule has 0 radical (unpaired) electrons. The van der Waals surface area contributed by atoms with Crippen LogP contribution in [0.15, 0.2) is 73.3 Å². The minimum Gasteiger partial charge on any atom is -0.437 e. The van der Waals surface area contributed by atoms with Crippen LogP contribution in [0.2, 0.25) is 5.02 Å². The molecule has 1 unspecified atom stereocenters. The number of hydrogen-bond donors (Lipinski definition) is 3. The Kier molecular flexibility index (Phi) is 7.01. The van der Waals surface area contributed by atoms with E-state index in [0.29, 0.717) is 28.9 Å². The summed E-state index contributed by atoms with van der Waals surface area (Å²) in [5.74, 6) is 1.02. The number of carbonyl (C=O) groups is 1. The predicted molar refractivity (Wildman–Crippen MR) is 126 cm³/mol. The second-order valence-electron chi connectivity index (χ2n) is 7.12. The largest absolute Gasteiger partial charge is 0.437 e. The van der Waals surface area contributed by atoms with E-state index in [-0.39, 0.29) is 17.9 Å². The molecule has 0 bridgehead atoms. The molecule has 1 aliphatic rings. The van der Waals surface area contributed by atoms with Crippen molar-refractivity contribution < 1.29 is 14.3 Å². The van der Waals surface area contributed by atoms with E-state index in [1.54, 1.807) is 36.4 Å². The Morgan fingerprint density at radius 3 is 2.78 bits per heavy atom. The number of nitrogens with zero attached hydrogens (tertiary/aromatic N) is 1. The van der Waals surface area contributed by atoms with Crippen molar-refractivity contribution in [1.29, 1.82) is 0 Å². The van der Waals surface area contributed by atoms with Gasteiger partial charge in [0.05, 0.1) is 12.7 Å². The van der Waals surface area contributed by atoms with Gasteiger partial charge in [0.1, 0.15) is 16.6 Å². The summed E-state index contributed by atoms with van der Waals surface area (Å²) in [6, 6.07) is 18.5. The maximum Gasteiger partial charge on any atom is 0.247 e. The highest BCUT2D eigenvalue weighted by molar-refractivity contribution is 6.31. The molecule has 0 spiro atoms. The van der Waals surface area contributed by atoms with Crippen LogP contribution >= 0.6 is 11.6 Å². The molecule has 7 nitrogen and oxygen atoms in total. The van der Waals surface area contributed by atoms with Gasteiger partial charge in [-0.1, -0.05) is 36.4 Å². The van der Waals surface area contributed by atoms with E-state index < -0.39 is 0 Å². The standard InChI is InChI=1S/C24H23ClN4O3/c1-2-23(30)28-18-4-3-5-19(14-18)32-24-20(25)10-11-22(29-24)27-17-8-6-16(7-9-17)21-15-26-12-13-31-21/h2-11,14,21,26H,1,12-13,15H2,(H,27,29)(H,28,30). The van der Waals surface area contributed by atoms with Crippen LogP contribution in [0, 0.1) is 0 Å². The summed E-state index contributed by atoms with van der Waals surface area (Å²) in [4.78, 5) is 16.0. The normalized spacial score (nSPS) is 15.6. The molecule has 4 rings (SSSR count). The Labute approximate surface area is 191 Å². The average Bonchev–Trinajstić information content (AvgIpc) is 2.82. The lowest BCUT2D eigenvalue weighted by Gasteiger charge is -2.24. The molecule has 1 amide bonds. The fourth-order valence-electron chi connectivity index (χ4n) is 3.22. The Morgan fingerprint density at radius 1 is 1.19 bits per heavy atom. The van der Waals surface area contributed by atoms with Crippen LogP contribution in [0.4, 0.5) is 17.2 Å². The summed E-state index contributed by atoms with van der Waals surface area (Å²) >= 11 is 6.28. The van der Waals surface area contributed by atoms with Crippen LogP contribution in [-0.4, -0.2) is 30.6 Å². The number of benzene rings is 2. The van der Waals surface area contributed by atoms with E-state index in [1.807, 2.05) is 24.3 Å². The van der Waals surface area contributed by atoms with Gasteiger partial charge in [-0.15, -0.1) is 0 Å². The van der Waals surface area contributed by atoms with Crippen LogP contribution in [0.3, 0.4) is 0 Å². The zero-order valence-corrected chi connectivity index (χ0v) is 18.1. The van der Waals surface area contributed by atoms with Crippen LogP contribution in [0.5, 0.6) is 11.6 Å². The van der Waals surface area contributed by atoms with Crippen molar-refractivity contribution in [1.82, 2.24) is 10.3 Å². The van der Waals surface area contributed by atoms with E-state index in [9.17, 15) is 4.79 Å². The first kappa shape index (κ1) is 21.8. The zero-order valence-electron chi connectivity index (χ0n) is 17.3. The number of morpholine rings is 1. The van der Waals surface area contributed by atoms with Gasteiger partial charge in [-0.25, -0.2) is 0 Å². The lowest BCUT2D eigenvalue weighted by Crippen LogP contribution is -2.33. The van der Waals surface area contributed by atoms with Gasteiger partial charge in [-0.3, -0.25) is 4.79 Å². The van der Waals surface area contributed by atoms with Gasteiger partial charge in [0.15, 0.2) is 0 Å². The van der Waals surface area contributed by atoms with Gasteiger partial charge in [-0.2, -0.15) is 4.98 Å². The fourth-order valence-corrected chi connectivity index (χ4v) is 3.36. The first-order chi connectivity index (χ1) is 15.6. The molecule has 1 aliphatic heterocycles. The van der Waals surface area contributed by atoms with Gasteiger partial charge in [-0.05, 0) is 48.0 Å². The number of pyridine rings is 1. The Balaban J connectivity index is 1.45. The molecule has 3 aromatic rings. The Morgan fingerprint density at radius 2 is 2.03 bits per heavy atom. The highest BCUT2D eigenvalue weighted by Gasteiger charge is 2.15. The third-order valence-electron chi connectivity index (χ3n) is 4.80. The van der Waals surface area contributed by atoms with Crippen LogP contribution in [0.25, 0.3) is 0 Å². The molecule has 1 aromatic heterocycles. The summed E-state index contributed by atoms with van der Waals surface area (Å²) in [6.07, 6.45) is 1.27. The topological polar surface area (TPSA) is 84.5 Å². The second-order valence-corrected chi connectivity index (χ2v) is 7.52. The minimum absolute atomic E-state index is 0.0680. The monoisotopic (exact) mass is 450 g/mol. The van der Waals surface area contributed by atoms with Crippen molar-refractivity contribution in [2.45, 2.75) is 6.10 Å². The van der Waals surface area contributed by atoms with Gasteiger partial charge in [0, 0.05) is 30.5 Å². The summed E-state index contributed by atoms with van der Waals surface area (Å²) < 4.78 is 11.6. The summed E-state index contributed by atoms with van der Waals surface area (Å²) in [7, 11) is 0. The number of rotatable bonds is 7. The number of carbonyl (C=O) groups excluding carboxylic acids is 1. The van der Waals surface area contributed by atoms with Crippen LogP contribution in [-0.2, 0) is 9.53 Å². The Bertz CT molecular complexity index is 1100. The second kappa shape index (κ2) is 10.3. The molecule has 1 atom stereocenters. The SMILES string of the molecule is C=CC(=O)Nc1cccc(Oc2nc(Nc3ccc(C4CNCCO4)cc3)ccc2Cl)c1. The van der Waals surface area contributed by atoms with Crippen LogP contribution < -0.4 is 20.7 Å². The van der Waals surface area contributed by atoms with E-state index in [2.05, 4.69) is 27.5 Å². The molecule has 1 saturated heterocycles. The molecule has 2 aromatic carbocycles. The third kappa shape index (κ3) is 5.64. The van der Waals surface area contributed by atoms with Crippen molar-refractivity contribution in [2.24, 2.45) is 0 Å². The van der Waals surface area contributed by atoms with Crippen molar-refractivity contribution >= 4 is 34.7 Å². The molecule has 32 heavy (non-hydrogen) atoms. The third-order valence-corrected chi connectivity index (χ3v) is 5.09. The van der Waals surface area contributed by atoms with Crippen LogP contribution in [0.1, 0.15) is 11.7 Å². The van der Waals surface area contributed by atoms with Crippen molar-refractivity contribution in [3.8, 4) is 11.6 Å². The lowest BCUT2D eigenvalue weighted by atomic mass is 10.1. The minimum atomic E-state index is -0.304. The number of hydrogen-bond acceptors (Lipinski definition) is 6. The van der Waals surface area contributed by atoms with Crippen molar-refractivity contribution in [3.63, 3.8) is 0 Å². The van der Waals surface area contributed by atoms with E-state index in [1.165, 1.54) is 6.08 Å². The Hall–Kier alpha value is -3.39. The summed E-state index contributed by atoms with van der Waals surface area (Å²) in [5, 5.41) is 9.65. The highest BCUT2D eigenvalue weighted by atomic mass is 35.5. The maximum absolute atomic E-state index is 11.5. The number of aromatic nitrogens is 1. The molecule has 8 heteroatoms. The van der Waals surface area contributed by atoms with E-state index in [4.69, 9.17) is 21.1 Å². The van der Waals surface area contributed by atoms with Crippen molar-refractivity contribution in [3.05, 3.63) is 83.9 Å². The summed E-state index contributed by atoms with van der Waals surface area (Å²) in [5.41, 5.74) is 2.58. The average molecular weight is 451 g/mol. The molecule has 3 N–H and O–H groups in total. The number of ether oxygens (including phenoxy) is 2. The van der Waals surface area contributed by atoms with Gasteiger partial charge >= 0.3 is 0 Å². The number of halogens is 1. The predicted octanol–water partition coefficient (Wildman–Crippen LogP) is 5.06.